The van der Waals surface area contributed by atoms with Crippen molar-refractivity contribution in [1.29, 1.82) is 0 Å². The average molecular weight is 350 g/mol. The first-order valence-electron chi connectivity index (χ1n) is 5.54. The summed E-state index contributed by atoms with van der Waals surface area (Å²) < 4.78 is 63.0. The molecule has 0 bridgehead atoms. The Kier molecular flexibility index (Phi) is 4.04. The Labute approximate surface area is 125 Å². The molecular weight excluding hydrogens is 339 g/mol. The number of sulfone groups is 1. The van der Waals surface area contributed by atoms with Gasteiger partial charge in [-0.05, 0) is 25.1 Å². The summed E-state index contributed by atoms with van der Waals surface area (Å²) in [5.74, 6) is -1.04. The van der Waals surface area contributed by atoms with Crippen molar-refractivity contribution in [3.8, 4) is 0 Å². The molecule has 6 nitrogen and oxygen atoms in total. The SMILES string of the molecule is Cc1cnc(NS(=O)(=O)c2cc(S(C)(=O)=O)ccc2F)s1. The monoisotopic (exact) mass is 350 g/mol. The Bertz CT molecular complexity index is 888. The molecule has 0 aliphatic rings. The number of anilines is 1. The molecule has 0 aliphatic heterocycles. The molecule has 0 atom stereocenters. The van der Waals surface area contributed by atoms with E-state index in [1.54, 1.807) is 6.92 Å². The Hall–Kier alpha value is -1.52. The van der Waals surface area contributed by atoms with Gasteiger partial charge in [-0.15, -0.1) is 11.3 Å². The van der Waals surface area contributed by atoms with Gasteiger partial charge in [-0.2, -0.15) is 0 Å². The zero-order valence-corrected chi connectivity index (χ0v) is 13.4. The minimum Gasteiger partial charge on any atom is -0.255 e. The van der Waals surface area contributed by atoms with Crippen molar-refractivity contribution < 1.29 is 21.2 Å². The molecule has 0 amide bonds. The molecule has 2 rings (SSSR count). The molecule has 1 aromatic carbocycles. The van der Waals surface area contributed by atoms with Crippen LogP contribution in [0, 0.1) is 12.7 Å². The lowest BCUT2D eigenvalue weighted by atomic mass is 10.3. The van der Waals surface area contributed by atoms with Crippen LogP contribution >= 0.6 is 11.3 Å². The van der Waals surface area contributed by atoms with Crippen LogP contribution in [-0.4, -0.2) is 28.1 Å². The lowest BCUT2D eigenvalue weighted by molar-refractivity contribution is 0.567. The molecule has 0 unspecified atom stereocenters. The smallest absolute Gasteiger partial charge is 0.255 e. The molecule has 0 saturated carbocycles. The van der Waals surface area contributed by atoms with Crippen LogP contribution in [0.15, 0.2) is 34.2 Å². The number of sulfonamides is 1. The van der Waals surface area contributed by atoms with Gasteiger partial charge in [0.1, 0.15) is 10.7 Å². The first-order chi connectivity index (χ1) is 9.59. The van der Waals surface area contributed by atoms with Crippen LogP contribution < -0.4 is 4.72 Å². The van der Waals surface area contributed by atoms with E-state index in [-0.39, 0.29) is 10.0 Å². The third-order valence-corrected chi connectivity index (χ3v) is 5.88. The van der Waals surface area contributed by atoms with Crippen LogP contribution in [0.25, 0.3) is 0 Å². The highest BCUT2D eigenvalue weighted by molar-refractivity contribution is 7.93. The van der Waals surface area contributed by atoms with Crippen LogP contribution in [0.2, 0.25) is 0 Å². The van der Waals surface area contributed by atoms with Crippen molar-refractivity contribution in [2.24, 2.45) is 0 Å². The van der Waals surface area contributed by atoms with Crippen LogP contribution in [-0.2, 0) is 19.9 Å². The number of hydrogen-bond donors (Lipinski definition) is 1. The molecule has 0 radical (unpaired) electrons. The summed E-state index contributed by atoms with van der Waals surface area (Å²) in [4.78, 5) is 3.57. The number of halogens is 1. The molecule has 2 aromatic rings. The number of nitrogens with one attached hydrogen (secondary N) is 1. The van der Waals surface area contributed by atoms with Gasteiger partial charge in [0.25, 0.3) is 10.0 Å². The largest absolute Gasteiger partial charge is 0.266 e. The summed E-state index contributed by atoms with van der Waals surface area (Å²) in [5.41, 5.74) is 0. The maximum atomic E-state index is 13.7. The molecule has 0 fully saturated rings. The topological polar surface area (TPSA) is 93.2 Å². The molecule has 0 aliphatic carbocycles. The van der Waals surface area contributed by atoms with E-state index >= 15 is 0 Å². The van der Waals surface area contributed by atoms with E-state index in [2.05, 4.69) is 9.71 Å². The predicted octanol–water partition coefficient (Wildman–Crippen LogP) is 1.79. The standard InChI is InChI=1S/C11H11FN2O4S3/c1-7-6-13-11(19-7)14-21(17,18)10-5-8(20(2,15)16)3-4-9(10)12/h3-6H,1-2H3,(H,13,14). The number of thiazole rings is 1. The van der Waals surface area contributed by atoms with Crippen molar-refractivity contribution in [1.82, 2.24) is 4.98 Å². The van der Waals surface area contributed by atoms with Crippen LogP contribution in [0.3, 0.4) is 0 Å². The van der Waals surface area contributed by atoms with Gasteiger partial charge < -0.3 is 0 Å². The summed E-state index contributed by atoms with van der Waals surface area (Å²) in [6, 6.07) is 2.60. The zero-order chi connectivity index (χ0) is 15.8. The van der Waals surface area contributed by atoms with Gasteiger partial charge in [0.15, 0.2) is 15.0 Å². The van der Waals surface area contributed by atoms with Gasteiger partial charge in [0, 0.05) is 17.3 Å². The van der Waals surface area contributed by atoms with E-state index in [1.807, 2.05) is 0 Å². The van der Waals surface area contributed by atoms with E-state index in [1.165, 1.54) is 6.20 Å². The molecule has 1 aromatic heterocycles. The van der Waals surface area contributed by atoms with Crippen molar-refractivity contribution >= 4 is 36.3 Å². The van der Waals surface area contributed by atoms with Gasteiger partial charge in [0.05, 0.1) is 4.90 Å². The molecule has 114 valence electrons. The summed E-state index contributed by atoms with van der Waals surface area (Å²) in [5, 5.41) is 0.0802. The molecule has 0 spiro atoms. The maximum Gasteiger partial charge on any atom is 0.266 e. The quantitative estimate of drug-likeness (QED) is 0.849. The highest BCUT2D eigenvalue weighted by Crippen LogP contribution is 2.24. The number of benzene rings is 1. The number of nitrogens with zero attached hydrogens (tertiary/aromatic N) is 1. The lowest BCUT2D eigenvalue weighted by Crippen LogP contribution is -2.15. The van der Waals surface area contributed by atoms with E-state index in [0.29, 0.717) is 0 Å². The van der Waals surface area contributed by atoms with Gasteiger partial charge in [0.2, 0.25) is 0 Å². The van der Waals surface area contributed by atoms with E-state index < -0.39 is 30.6 Å². The fourth-order valence-electron chi connectivity index (χ4n) is 1.49. The highest BCUT2D eigenvalue weighted by Gasteiger charge is 2.23. The first kappa shape index (κ1) is 15.9. The van der Waals surface area contributed by atoms with Crippen molar-refractivity contribution in [3.63, 3.8) is 0 Å². The van der Waals surface area contributed by atoms with Gasteiger partial charge in [-0.25, -0.2) is 26.2 Å². The van der Waals surface area contributed by atoms with E-state index in [4.69, 9.17) is 0 Å². The van der Waals surface area contributed by atoms with Crippen molar-refractivity contribution in [2.45, 2.75) is 16.7 Å². The van der Waals surface area contributed by atoms with Crippen molar-refractivity contribution in [2.75, 3.05) is 11.0 Å². The van der Waals surface area contributed by atoms with Crippen LogP contribution in [0.5, 0.6) is 0 Å². The molecule has 1 N–H and O–H groups in total. The fraction of sp³-hybridized carbons (Fsp3) is 0.182. The van der Waals surface area contributed by atoms with Crippen LogP contribution in [0.1, 0.15) is 4.88 Å². The Morgan fingerprint density at radius 2 is 1.90 bits per heavy atom. The Morgan fingerprint density at radius 1 is 1.24 bits per heavy atom. The lowest BCUT2D eigenvalue weighted by Gasteiger charge is -2.08. The van der Waals surface area contributed by atoms with Crippen LogP contribution in [0.4, 0.5) is 9.52 Å². The van der Waals surface area contributed by atoms with Gasteiger partial charge >= 0.3 is 0 Å². The maximum absolute atomic E-state index is 13.7. The molecule has 0 saturated heterocycles. The number of hydrogen-bond acceptors (Lipinski definition) is 6. The minimum atomic E-state index is -4.25. The second-order valence-corrected chi connectivity index (χ2v) is 9.15. The predicted molar refractivity (Wildman–Crippen MR) is 77.2 cm³/mol. The second kappa shape index (κ2) is 5.35. The van der Waals surface area contributed by atoms with Crippen molar-refractivity contribution in [3.05, 3.63) is 35.1 Å². The average Bonchev–Trinajstić information content (AvgIpc) is 2.72. The van der Waals surface area contributed by atoms with Gasteiger partial charge in [-0.3, -0.25) is 4.72 Å². The summed E-state index contributed by atoms with van der Waals surface area (Å²) in [6.07, 6.45) is 2.38. The zero-order valence-electron chi connectivity index (χ0n) is 11.0. The Balaban J connectivity index is 2.49. The van der Waals surface area contributed by atoms with E-state index in [9.17, 15) is 21.2 Å². The molecule has 10 heteroatoms. The molecule has 1 heterocycles. The summed E-state index contributed by atoms with van der Waals surface area (Å²) in [6.45, 7) is 1.74. The normalized spacial score (nSPS) is 12.3. The fourth-order valence-corrected chi connectivity index (χ4v) is 4.22. The summed E-state index contributed by atoms with van der Waals surface area (Å²) in [7, 11) is -7.90. The molecular formula is C11H11FN2O4S3. The van der Waals surface area contributed by atoms with E-state index in [0.717, 1.165) is 40.7 Å². The Morgan fingerprint density at radius 3 is 2.43 bits per heavy atom. The first-order valence-corrected chi connectivity index (χ1v) is 9.73. The third-order valence-electron chi connectivity index (χ3n) is 2.46. The minimum absolute atomic E-state index is 0.0802. The van der Waals surface area contributed by atoms with Gasteiger partial charge in [-0.1, -0.05) is 0 Å². The summed E-state index contributed by atoms with van der Waals surface area (Å²) >= 11 is 1.08. The molecule has 21 heavy (non-hydrogen) atoms. The number of aryl methyl sites for hydroxylation is 1. The second-order valence-electron chi connectivity index (χ2n) is 4.25. The number of rotatable bonds is 4. The highest BCUT2D eigenvalue weighted by atomic mass is 32.2. The third kappa shape index (κ3) is 3.57. The number of aromatic nitrogens is 1.